The third-order valence-electron chi connectivity index (χ3n) is 1.28. The second kappa shape index (κ2) is 3.02. The third kappa shape index (κ3) is 1.82. The molecule has 0 bridgehead atoms. The summed E-state index contributed by atoms with van der Waals surface area (Å²) in [5.74, 6) is -1.07. The van der Waals surface area contributed by atoms with Crippen molar-refractivity contribution in [2.75, 3.05) is 5.73 Å². The lowest BCUT2D eigenvalue weighted by Gasteiger charge is -2.05. The van der Waals surface area contributed by atoms with Crippen molar-refractivity contribution in [1.82, 2.24) is 4.98 Å². The number of halogens is 1. The van der Waals surface area contributed by atoms with Crippen molar-refractivity contribution >= 4 is 27.4 Å². The average Bonchev–Trinajstić information content (AvgIpc) is 1.95. The highest BCUT2D eigenvalue weighted by Crippen LogP contribution is 2.32. The van der Waals surface area contributed by atoms with E-state index in [1.807, 2.05) is 0 Å². The van der Waals surface area contributed by atoms with Gasteiger partial charge >= 0.3 is 0 Å². The van der Waals surface area contributed by atoms with Crippen LogP contribution in [-0.2, 0) is 10.0 Å². The van der Waals surface area contributed by atoms with Crippen molar-refractivity contribution in [2.24, 2.45) is 5.14 Å². The van der Waals surface area contributed by atoms with Gasteiger partial charge in [-0.15, -0.1) is 0 Å². The Morgan fingerprint density at radius 2 is 2.08 bits per heavy atom. The summed E-state index contributed by atoms with van der Waals surface area (Å²) < 4.78 is 21.8. The maximum Gasteiger partial charge on any atom is 0.243 e. The molecular weight excluding hydrogens is 218 g/mol. The number of nitrogens with zero attached hydrogens (tertiary/aromatic N) is 1. The van der Waals surface area contributed by atoms with E-state index >= 15 is 0 Å². The highest BCUT2D eigenvalue weighted by molar-refractivity contribution is 7.89. The van der Waals surface area contributed by atoms with Crippen molar-refractivity contribution < 1.29 is 13.5 Å². The molecule has 0 aromatic carbocycles. The van der Waals surface area contributed by atoms with Crippen LogP contribution in [-0.4, -0.2) is 18.5 Å². The maximum absolute atomic E-state index is 10.9. The van der Waals surface area contributed by atoms with Gasteiger partial charge in [-0.2, -0.15) is 0 Å². The van der Waals surface area contributed by atoms with Gasteiger partial charge in [0, 0.05) is 6.20 Å². The van der Waals surface area contributed by atoms with Crippen LogP contribution in [0.1, 0.15) is 0 Å². The van der Waals surface area contributed by atoms with Gasteiger partial charge in [0.1, 0.15) is 4.90 Å². The second-order valence-electron chi connectivity index (χ2n) is 2.21. The Labute approximate surface area is 79.2 Å². The third-order valence-corrected chi connectivity index (χ3v) is 2.66. The Morgan fingerprint density at radius 3 is 2.46 bits per heavy atom. The van der Waals surface area contributed by atoms with Crippen LogP contribution in [0.5, 0.6) is 5.75 Å². The van der Waals surface area contributed by atoms with E-state index in [-0.39, 0.29) is 10.8 Å². The van der Waals surface area contributed by atoms with Crippen LogP contribution in [0.3, 0.4) is 0 Å². The zero-order chi connectivity index (χ0) is 10.2. The minimum absolute atomic E-state index is 0.269. The molecule has 8 heteroatoms. The number of primary sulfonamides is 1. The van der Waals surface area contributed by atoms with E-state index in [2.05, 4.69) is 4.98 Å². The van der Waals surface area contributed by atoms with Crippen molar-refractivity contribution in [1.29, 1.82) is 0 Å². The number of pyridine rings is 1. The largest absolute Gasteiger partial charge is 0.503 e. The predicted molar refractivity (Wildman–Crippen MR) is 46.7 cm³/mol. The molecule has 0 saturated carbocycles. The summed E-state index contributed by atoms with van der Waals surface area (Å²) in [7, 11) is -4.09. The number of rotatable bonds is 1. The molecule has 0 radical (unpaired) electrons. The minimum atomic E-state index is -4.09. The summed E-state index contributed by atoms with van der Waals surface area (Å²) in [5.41, 5.74) is 5.15. The number of hydrogen-bond acceptors (Lipinski definition) is 5. The Bertz CT molecular complexity index is 445. The Morgan fingerprint density at radius 1 is 1.54 bits per heavy atom. The standard InChI is InChI=1S/C5H6ClN3O3S/c6-2-1-9-5(7)3(10)4(2)13(8,11)12/h1,10H,(H2,7,9)(H2,8,11,12). The number of nitrogens with two attached hydrogens (primary N) is 2. The first kappa shape index (κ1) is 10.0. The fourth-order valence-corrected chi connectivity index (χ4v) is 1.91. The van der Waals surface area contributed by atoms with Gasteiger partial charge in [0.05, 0.1) is 5.02 Å². The summed E-state index contributed by atoms with van der Waals surface area (Å²) in [5, 5.41) is 13.7. The van der Waals surface area contributed by atoms with Crippen LogP contribution < -0.4 is 10.9 Å². The van der Waals surface area contributed by atoms with Gasteiger partial charge in [-0.3, -0.25) is 0 Å². The normalized spacial score (nSPS) is 11.5. The van der Waals surface area contributed by atoms with E-state index in [4.69, 9.17) is 22.5 Å². The molecule has 1 heterocycles. The summed E-state index contributed by atoms with van der Waals surface area (Å²) in [4.78, 5) is 2.82. The van der Waals surface area contributed by atoms with Gasteiger partial charge in [0.2, 0.25) is 10.0 Å². The van der Waals surface area contributed by atoms with Crippen LogP contribution >= 0.6 is 11.6 Å². The topological polar surface area (TPSA) is 119 Å². The summed E-state index contributed by atoms with van der Waals surface area (Å²) >= 11 is 5.45. The van der Waals surface area contributed by atoms with Gasteiger partial charge in [-0.1, -0.05) is 11.6 Å². The molecule has 0 spiro atoms. The Kier molecular flexibility index (Phi) is 2.33. The van der Waals surface area contributed by atoms with Gasteiger partial charge in [0.15, 0.2) is 11.6 Å². The van der Waals surface area contributed by atoms with Gasteiger partial charge < -0.3 is 10.8 Å². The van der Waals surface area contributed by atoms with Crippen molar-refractivity contribution in [3.8, 4) is 5.75 Å². The number of aromatic hydroxyl groups is 1. The molecule has 0 aliphatic rings. The molecule has 0 aliphatic heterocycles. The van der Waals surface area contributed by atoms with Crippen LogP contribution in [0, 0.1) is 0 Å². The SMILES string of the molecule is Nc1ncc(Cl)c(S(N)(=O)=O)c1O. The molecule has 0 aliphatic carbocycles. The van der Waals surface area contributed by atoms with Crippen LogP contribution in [0.25, 0.3) is 0 Å². The Balaban J connectivity index is 3.62. The van der Waals surface area contributed by atoms with E-state index in [1.54, 1.807) is 0 Å². The predicted octanol–water partition coefficient (Wildman–Crippen LogP) is -0.330. The van der Waals surface area contributed by atoms with Crippen molar-refractivity contribution in [3.05, 3.63) is 11.2 Å². The fourth-order valence-electron chi connectivity index (χ4n) is 0.746. The molecule has 0 unspecified atom stereocenters. The number of sulfonamides is 1. The zero-order valence-corrected chi connectivity index (χ0v) is 7.80. The van der Waals surface area contributed by atoms with Crippen LogP contribution in [0.4, 0.5) is 5.82 Å². The summed E-state index contributed by atoms with van der Waals surface area (Å²) in [6, 6.07) is 0. The number of nitrogen functional groups attached to an aromatic ring is 1. The van der Waals surface area contributed by atoms with E-state index in [9.17, 15) is 13.5 Å². The summed E-state index contributed by atoms with van der Waals surface area (Å²) in [6.45, 7) is 0. The van der Waals surface area contributed by atoms with Gasteiger partial charge in [-0.25, -0.2) is 18.5 Å². The molecule has 5 N–H and O–H groups in total. The van der Waals surface area contributed by atoms with Crippen LogP contribution in [0.2, 0.25) is 5.02 Å². The van der Waals surface area contributed by atoms with Crippen molar-refractivity contribution in [3.63, 3.8) is 0 Å². The lowest BCUT2D eigenvalue weighted by atomic mass is 10.4. The highest BCUT2D eigenvalue weighted by Gasteiger charge is 2.20. The first-order valence-electron chi connectivity index (χ1n) is 2.99. The van der Waals surface area contributed by atoms with E-state index < -0.39 is 20.7 Å². The highest BCUT2D eigenvalue weighted by atomic mass is 35.5. The zero-order valence-electron chi connectivity index (χ0n) is 6.23. The number of anilines is 1. The molecule has 0 saturated heterocycles. The fraction of sp³-hybridized carbons (Fsp3) is 0. The number of aromatic nitrogens is 1. The number of hydrogen-bond donors (Lipinski definition) is 3. The maximum atomic E-state index is 10.9. The second-order valence-corrected chi connectivity index (χ2v) is 4.12. The summed E-state index contributed by atoms with van der Waals surface area (Å²) in [6.07, 6.45) is 0.996. The lowest BCUT2D eigenvalue weighted by molar-refractivity contribution is 0.459. The first-order valence-corrected chi connectivity index (χ1v) is 4.92. The molecule has 0 fully saturated rings. The lowest BCUT2D eigenvalue weighted by Crippen LogP contribution is -2.14. The minimum Gasteiger partial charge on any atom is -0.503 e. The molecule has 0 amide bonds. The quantitative estimate of drug-likeness (QED) is 0.602. The molecule has 1 rings (SSSR count). The van der Waals surface area contributed by atoms with Gasteiger partial charge in [-0.05, 0) is 0 Å². The molecule has 0 atom stereocenters. The van der Waals surface area contributed by atoms with E-state index in [0.717, 1.165) is 6.20 Å². The van der Waals surface area contributed by atoms with E-state index in [0.29, 0.717) is 0 Å². The molecular formula is C5H6ClN3O3S. The smallest absolute Gasteiger partial charge is 0.243 e. The van der Waals surface area contributed by atoms with Crippen LogP contribution in [0.15, 0.2) is 11.1 Å². The molecule has 13 heavy (non-hydrogen) atoms. The molecule has 72 valence electrons. The monoisotopic (exact) mass is 223 g/mol. The average molecular weight is 224 g/mol. The van der Waals surface area contributed by atoms with Crippen molar-refractivity contribution in [2.45, 2.75) is 4.90 Å². The molecule has 1 aromatic rings. The van der Waals surface area contributed by atoms with Gasteiger partial charge in [0.25, 0.3) is 0 Å². The Hall–Kier alpha value is -1.05. The molecule has 6 nitrogen and oxygen atoms in total. The first-order chi connectivity index (χ1) is 5.84. The van der Waals surface area contributed by atoms with E-state index in [1.165, 1.54) is 0 Å². The molecule has 1 aromatic heterocycles.